The molecule has 1 aromatic carbocycles. The third-order valence-corrected chi connectivity index (χ3v) is 2.40. The first-order valence-electron chi connectivity index (χ1n) is 4.89. The molecule has 1 aromatic rings. The molecular formula is C11H13ClN2O3. The summed E-state index contributed by atoms with van der Waals surface area (Å²) in [5.41, 5.74) is 6.17. The molecule has 1 rings (SSSR count). The quantitative estimate of drug-likeness (QED) is 0.629. The van der Waals surface area contributed by atoms with Gasteiger partial charge in [0.15, 0.2) is 0 Å². The van der Waals surface area contributed by atoms with Gasteiger partial charge >= 0.3 is 5.97 Å². The van der Waals surface area contributed by atoms with Gasteiger partial charge in [-0.05, 0) is 25.1 Å². The second kappa shape index (κ2) is 5.54. The second-order valence-corrected chi connectivity index (χ2v) is 3.89. The van der Waals surface area contributed by atoms with Crippen LogP contribution in [0, 0.1) is 0 Å². The van der Waals surface area contributed by atoms with Crippen LogP contribution < -0.4 is 11.1 Å². The number of methoxy groups -OCH3 is 1. The molecule has 6 heteroatoms. The van der Waals surface area contributed by atoms with Gasteiger partial charge in [-0.25, -0.2) is 4.79 Å². The van der Waals surface area contributed by atoms with Gasteiger partial charge < -0.3 is 15.8 Å². The number of esters is 1. The number of carbonyl (C=O) groups is 2. The van der Waals surface area contributed by atoms with Gasteiger partial charge in [0.2, 0.25) is 0 Å². The van der Waals surface area contributed by atoms with Crippen molar-refractivity contribution in [1.29, 1.82) is 0 Å². The summed E-state index contributed by atoms with van der Waals surface area (Å²) in [7, 11) is 1.25. The summed E-state index contributed by atoms with van der Waals surface area (Å²) >= 11 is 5.71. The summed E-state index contributed by atoms with van der Waals surface area (Å²) in [4.78, 5) is 22.9. The molecule has 92 valence electrons. The van der Waals surface area contributed by atoms with Crippen LogP contribution in [0.3, 0.4) is 0 Å². The van der Waals surface area contributed by atoms with E-state index in [1.807, 2.05) is 0 Å². The van der Waals surface area contributed by atoms with E-state index >= 15 is 0 Å². The minimum absolute atomic E-state index is 0.257. The van der Waals surface area contributed by atoms with Gasteiger partial charge in [0.25, 0.3) is 5.91 Å². The molecule has 0 aliphatic rings. The highest BCUT2D eigenvalue weighted by Gasteiger charge is 2.18. The van der Waals surface area contributed by atoms with E-state index in [1.54, 1.807) is 6.07 Å². The molecule has 0 aromatic heterocycles. The monoisotopic (exact) mass is 256 g/mol. The molecule has 0 fully saturated rings. The number of hydrogen-bond acceptors (Lipinski definition) is 4. The van der Waals surface area contributed by atoms with Crippen LogP contribution in [0.25, 0.3) is 0 Å². The predicted molar refractivity (Wildman–Crippen MR) is 64.8 cm³/mol. The van der Waals surface area contributed by atoms with Crippen LogP contribution in [0.5, 0.6) is 0 Å². The molecule has 0 saturated carbocycles. The standard InChI is InChI=1S/C11H13ClN2O3/c1-6(11(16)17-2)14-10(15)8-4-3-7(12)5-9(8)13/h3-6H,13H2,1-2H3,(H,14,15). The molecule has 0 radical (unpaired) electrons. The van der Waals surface area contributed by atoms with Crippen LogP contribution in [0.2, 0.25) is 5.02 Å². The van der Waals surface area contributed by atoms with Gasteiger partial charge in [0.1, 0.15) is 6.04 Å². The lowest BCUT2D eigenvalue weighted by molar-refractivity contribution is -0.142. The SMILES string of the molecule is COC(=O)C(C)NC(=O)c1ccc(Cl)cc1N. The fourth-order valence-electron chi connectivity index (χ4n) is 1.25. The number of nitrogen functional groups attached to an aromatic ring is 1. The van der Waals surface area contributed by atoms with Crippen molar-refractivity contribution in [3.8, 4) is 0 Å². The van der Waals surface area contributed by atoms with E-state index in [0.717, 1.165) is 0 Å². The Balaban J connectivity index is 2.80. The number of nitrogens with two attached hydrogens (primary N) is 1. The van der Waals surface area contributed by atoms with E-state index in [9.17, 15) is 9.59 Å². The van der Waals surface area contributed by atoms with Crippen molar-refractivity contribution in [2.24, 2.45) is 0 Å². The Bertz CT molecular complexity index is 448. The molecule has 0 heterocycles. The molecule has 1 unspecified atom stereocenters. The van der Waals surface area contributed by atoms with Crippen molar-refractivity contribution >= 4 is 29.2 Å². The summed E-state index contributed by atoms with van der Waals surface area (Å²) in [6.45, 7) is 1.52. The van der Waals surface area contributed by atoms with Gasteiger partial charge in [-0.3, -0.25) is 4.79 Å². The molecule has 5 nitrogen and oxygen atoms in total. The molecular weight excluding hydrogens is 244 g/mol. The number of ether oxygens (including phenoxy) is 1. The first-order chi connectivity index (χ1) is 7.95. The first-order valence-corrected chi connectivity index (χ1v) is 5.27. The minimum atomic E-state index is -0.734. The van der Waals surface area contributed by atoms with E-state index in [4.69, 9.17) is 17.3 Å². The number of rotatable bonds is 3. The largest absolute Gasteiger partial charge is 0.467 e. The molecule has 0 saturated heterocycles. The van der Waals surface area contributed by atoms with Crippen molar-refractivity contribution in [3.05, 3.63) is 28.8 Å². The maximum atomic E-state index is 11.8. The minimum Gasteiger partial charge on any atom is -0.467 e. The van der Waals surface area contributed by atoms with Crippen molar-refractivity contribution in [1.82, 2.24) is 5.32 Å². The normalized spacial score (nSPS) is 11.7. The van der Waals surface area contributed by atoms with Gasteiger partial charge in [-0.2, -0.15) is 0 Å². The third kappa shape index (κ3) is 3.35. The zero-order valence-electron chi connectivity index (χ0n) is 9.49. The van der Waals surface area contributed by atoms with E-state index < -0.39 is 17.9 Å². The fraction of sp³-hybridized carbons (Fsp3) is 0.273. The Hall–Kier alpha value is -1.75. The smallest absolute Gasteiger partial charge is 0.328 e. The van der Waals surface area contributed by atoms with E-state index in [1.165, 1.54) is 26.2 Å². The summed E-state index contributed by atoms with van der Waals surface area (Å²) in [6.07, 6.45) is 0. The molecule has 0 aliphatic carbocycles. The summed E-state index contributed by atoms with van der Waals surface area (Å²) < 4.78 is 4.49. The number of amides is 1. The van der Waals surface area contributed by atoms with Gasteiger partial charge in [0.05, 0.1) is 12.7 Å². The topological polar surface area (TPSA) is 81.4 Å². The van der Waals surface area contributed by atoms with Crippen molar-refractivity contribution in [2.45, 2.75) is 13.0 Å². The zero-order chi connectivity index (χ0) is 13.0. The molecule has 1 atom stereocenters. The Labute approximate surface area is 104 Å². The van der Waals surface area contributed by atoms with Crippen LogP contribution in [0.1, 0.15) is 17.3 Å². The Kier molecular flexibility index (Phi) is 4.34. The number of benzene rings is 1. The summed E-state index contributed by atoms with van der Waals surface area (Å²) in [5, 5.41) is 2.92. The van der Waals surface area contributed by atoms with Gasteiger partial charge in [-0.1, -0.05) is 11.6 Å². The highest BCUT2D eigenvalue weighted by molar-refractivity contribution is 6.31. The highest BCUT2D eigenvalue weighted by atomic mass is 35.5. The number of halogens is 1. The number of anilines is 1. The van der Waals surface area contributed by atoms with Crippen LogP contribution >= 0.6 is 11.6 Å². The molecule has 0 aliphatic heterocycles. The first kappa shape index (κ1) is 13.3. The Morgan fingerprint density at radius 3 is 2.65 bits per heavy atom. The van der Waals surface area contributed by atoms with Crippen LogP contribution in [0.4, 0.5) is 5.69 Å². The molecule has 0 spiro atoms. The lowest BCUT2D eigenvalue weighted by Gasteiger charge is -2.12. The maximum absolute atomic E-state index is 11.8. The van der Waals surface area contributed by atoms with E-state index in [-0.39, 0.29) is 11.3 Å². The van der Waals surface area contributed by atoms with E-state index in [0.29, 0.717) is 5.02 Å². The van der Waals surface area contributed by atoms with Gasteiger partial charge in [0, 0.05) is 10.7 Å². The highest BCUT2D eigenvalue weighted by Crippen LogP contribution is 2.17. The molecule has 1 amide bonds. The zero-order valence-corrected chi connectivity index (χ0v) is 10.2. The lowest BCUT2D eigenvalue weighted by Crippen LogP contribution is -2.39. The van der Waals surface area contributed by atoms with Crippen LogP contribution in [-0.2, 0) is 9.53 Å². The molecule has 17 heavy (non-hydrogen) atoms. The molecule has 3 N–H and O–H groups in total. The van der Waals surface area contributed by atoms with Crippen molar-refractivity contribution < 1.29 is 14.3 Å². The number of nitrogens with one attached hydrogen (secondary N) is 1. The molecule has 0 bridgehead atoms. The Morgan fingerprint density at radius 1 is 1.47 bits per heavy atom. The van der Waals surface area contributed by atoms with Crippen molar-refractivity contribution in [2.75, 3.05) is 12.8 Å². The fourth-order valence-corrected chi connectivity index (χ4v) is 1.43. The summed E-state index contributed by atoms with van der Waals surface area (Å²) in [5.74, 6) is -0.969. The lowest BCUT2D eigenvalue weighted by atomic mass is 10.1. The third-order valence-electron chi connectivity index (χ3n) is 2.16. The summed E-state index contributed by atoms with van der Waals surface area (Å²) in [6, 6.07) is 3.79. The van der Waals surface area contributed by atoms with Gasteiger partial charge in [-0.15, -0.1) is 0 Å². The van der Waals surface area contributed by atoms with E-state index in [2.05, 4.69) is 10.1 Å². The van der Waals surface area contributed by atoms with Crippen molar-refractivity contribution in [3.63, 3.8) is 0 Å². The second-order valence-electron chi connectivity index (χ2n) is 3.45. The van der Waals surface area contributed by atoms with Crippen LogP contribution in [-0.4, -0.2) is 25.0 Å². The van der Waals surface area contributed by atoms with Crippen LogP contribution in [0.15, 0.2) is 18.2 Å². The Morgan fingerprint density at radius 2 is 2.12 bits per heavy atom. The predicted octanol–water partition coefficient (Wildman–Crippen LogP) is 1.21. The average Bonchev–Trinajstić information content (AvgIpc) is 2.27. The number of carbonyl (C=O) groups excluding carboxylic acids is 2. The number of hydrogen-bond donors (Lipinski definition) is 2. The average molecular weight is 257 g/mol. The maximum Gasteiger partial charge on any atom is 0.328 e.